The van der Waals surface area contributed by atoms with Gasteiger partial charge >= 0.3 is 0 Å². The highest BCUT2D eigenvalue weighted by molar-refractivity contribution is 5.52. The molecule has 0 aliphatic carbocycles. The lowest BCUT2D eigenvalue weighted by atomic mass is 10.2. The van der Waals surface area contributed by atoms with Crippen LogP contribution < -0.4 is 9.47 Å². The van der Waals surface area contributed by atoms with Crippen LogP contribution in [0.3, 0.4) is 0 Å². The molecule has 2 aromatic carbocycles. The number of hydrogen-bond acceptors (Lipinski definition) is 5. The van der Waals surface area contributed by atoms with Gasteiger partial charge in [0.2, 0.25) is 0 Å². The van der Waals surface area contributed by atoms with Gasteiger partial charge < -0.3 is 9.47 Å². The van der Waals surface area contributed by atoms with Gasteiger partial charge in [0.25, 0.3) is 5.69 Å². The number of benzene rings is 2. The molecule has 0 atom stereocenters. The second-order valence-corrected chi connectivity index (χ2v) is 4.28. The van der Waals surface area contributed by atoms with Crippen LogP contribution >= 0.6 is 0 Å². The molecule has 106 valence electrons. The largest absolute Gasteiger partial charge is 0.497 e. The van der Waals surface area contributed by atoms with E-state index in [1.165, 1.54) is 19.2 Å². The maximum absolute atomic E-state index is 10.8. The fourth-order valence-corrected chi connectivity index (χ4v) is 1.74. The number of nitrogens with zero attached hydrogens (tertiary/aromatic N) is 2. The Hall–Kier alpha value is -3.07. The van der Waals surface area contributed by atoms with Crippen molar-refractivity contribution in [2.75, 3.05) is 7.11 Å². The summed E-state index contributed by atoms with van der Waals surface area (Å²) in [6, 6.07) is 11.1. The maximum Gasteiger partial charge on any atom is 0.273 e. The van der Waals surface area contributed by atoms with Crippen molar-refractivity contribution < 1.29 is 14.4 Å². The monoisotopic (exact) mass is 284 g/mol. The third-order valence-corrected chi connectivity index (χ3v) is 2.91. The van der Waals surface area contributed by atoms with E-state index >= 15 is 0 Å². The Balaban J connectivity index is 2.44. The number of rotatable bonds is 4. The molecule has 2 rings (SSSR count). The van der Waals surface area contributed by atoms with E-state index in [1.807, 2.05) is 6.07 Å². The molecule has 6 heteroatoms. The number of aryl methyl sites for hydroxylation is 1. The molecule has 0 N–H and O–H groups in total. The van der Waals surface area contributed by atoms with Crippen LogP contribution in [0.2, 0.25) is 0 Å². The fraction of sp³-hybridized carbons (Fsp3) is 0.133. The lowest BCUT2D eigenvalue weighted by Gasteiger charge is -2.11. The van der Waals surface area contributed by atoms with Crippen molar-refractivity contribution >= 4 is 5.69 Å². The minimum Gasteiger partial charge on any atom is -0.497 e. The molecule has 0 saturated heterocycles. The van der Waals surface area contributed by atoms with Crippen molar-refractivity contribution in [2.45, 2.75) is 6.92 Å². The van der Waals surface area contributed by atoms with Crippen molar-refractivity contribution in [3.05, 3.63) is 57.6 Å². The summed E-state index contributed by atoms with van der Waals surface area (Å²) in [7, 11) is 1.50. The quantitative estimate of drug-likeness (QED) is 0.632. The highest BCUT2D eigenvalue weighted by atomic mass is 16.6. The van der Waals surface area contributed by atoms with Crippen LogP contribution in [0.15, 0.2) is 36.4 Å². The summed E-state index contributed by atoms with van der Waals surface area (Å²) in [5.74, 6) is 1.15. The van der Waals surface area contributed by atoms with Gasteiger partial charge in [0, 0.05) is 12.1 Å². The van der Waals surface area contributed by atoms with E-state index in [0.29, 0.717) is 22.8 Å². The van der Waals surface area contributed by atoms with E-state index in [2.05, 4.69) is 0 Å². The standard InChI is InChI=1S/C15H12N2O4/c1-10-3-5-12(17(18)19)7-14(10)21-15-8-13(20-2)6-4-11(15)9-16/h3-8H,1-2H3. The van der Waals surface area contributed by atoms with Crippen molar-refractivity contribution in [2.24, 2.45) is 0 Å². The zero-order valence-electron chi connectivity index (χ0n) is 11.5. The van der Waals surface area contributed by atoms with Crippen molar-refractivity contribution in [3.63, 3.8) is 0 Å². The van der Waals surface area contributed by atoms with Crippen molar-refractivity contribution in [3.8, 4) is 23.3 Å². The Kier molecular flexibility index (Phi) is 4.05. The molecule has 0 bridgehead atoms. The first-order valence-corrected chi connectivity index (χ1v) is 6.06. The predicted molar refractivity (Wildman–Crippen MR) is 75.6 cm³/mol. The Labute approximate surface area is 121 Å². The van der Waals surface area contributed by atoms with Crippen LogP contribution in [0.5, 0.6) is 17.2 Å². The third-order valence-electron chi connectivity index (χ3n) is 2.91. The molecular weight excluding hydrogens is 272 g/mol. The number of ether oxygens (including phenoxy) is 2. The molecule has 21 heavy (non-hydrogen) atoms. The molecule has 0 heterocycles. The van der Waals surface area contributed by atoms with Crippen LogP contribution in [0.4, 0.5) is 5.69 Å². The molecule has 0 fully saturated rings. The molecule has 0 aromatic heterocycles. The van der Waals surface area contributed by atoms with Crippen LogP contribution in [-0.2, 0) is 0 Å². The van der Waals surface area contributed by atoms with E-state index in [9.17, 15) is 10.1 Å². The van der Waals surface area contributed by atoms with E-state index in [0.717, 1.165) is 5.56 Å². The van der Waals surface area contributed by atoms with Crippen LogP contribution in [-0.4, -0.2) is 12.0 Å². The smallest absolute Gasteiger partial charge is 0.273 e. The first-order chi connectivity index (χ1) is 10.0. The fourth-order valence-electron chi connectivity index (χ4n) is 1.74. The average molecular weight is 284 g/mol. The van der Waals surface area contributed by atoms with Crippen molar-refractivity contribution in [1.82, 2.24) is 0 Å². The molecule has 6 nitrogen and oxygen atoms in total. The minimum absolute atomic E-state index is 0.0722. The van der Waals surface area contributed by atoms with Crippen molar-refractivity contribution in [1.29, 1.82) is 5.26 Å². The maximum atomic E-state index is 10.8. The number of nitro groups is 1. The summed E-state index contributed by atoms with van der Waals surface area (Å²) in [5, 5.41) is 19.9. The summed E-state index contributed by atoms with van der Waals surface area (Å²) in [6.45, 7) is 1.77. The van der Waals surface area contributed by atoms with Gasteiger partial charge in [-0.2, -0.15) is 5.26 Å². The first kappa shape index (κ1) is 14.3. The Morgan fingerprint density at radius 2 is 1.95 bits per heavy atom. The number of nitro benzene ring substituents is 1. The highest BCUT2D eigenvalue weighted by Gasteiger charge is 2.13. The number of non-ortho nitro benzene ring substituents is 1. The highest BCUT2D eigenvalue weighted by Crippen LogP contribution is 2.32. The molecule has 0 spiro atoms. The Morgan fingerprint density at radius 3 is 2.57 bits per heavy atom. The lowest BCUT2D eigenvalue weighted by Crippen LogP contribution is -1.94. The van der Waals surface area contributed by atoms with E-state index < -0.39 is 4.92 Å². The van der Waals surface area contributed by atoms with E-state index in [4.69, 9.17) is 14.7 Å². The number of methoxy groups -OCH3 is 1. The minimum atomic E-state index is -0.497. The van der Waals surface area contributed by atoms with Gasteiger partial charge in [0.1, 0.15) is 23.3 Å². The Morgan fingerprint density at radius 1 is 1.19 bits per heavy atom. The molecule has 0 radical (unpaired) electrons. The van der Waals surface area contributed by atoms with E-state index in [-0.39, 0.29) is 5.69 Å². The first-order valence-electron chi connectivity index (χ1n) is 6.06. The van der Waals surface area contributed by atoms with Crippen LogP contribution in [0, 0.1) is 28.4 Å². The second kappa shape index (κ2) is 5.92. The van der Waals surface area contributed by atoms with Crippen LogP contribution in [0.1, 0.15) is 11.1 Å². The molecule has 0 amide bonds. The molecular formula is C15H12N2O4. The second-order valence-electron chi connectivity index (χ2n) is 4.28. The van der Waals surface area contributed by atoms with Gasteiger partial charge in [-0.15, -0.1) is 0 Å². The summed E-state index contributed by atoms with van der Waals surface area (Å²) in [5.41, 5.74) is 0.978. The predicted octanol–water partition coefficient (Wildman–Crippen LogP) is 3.58. The zero-order valence-corrected chi connectivity index (χ0v) is 11.5. The summed E-state index contributed by atoms with van der Waals surface area (Å²) < 4.78 is 10.7. The van der Waals surface area contributed by atoms with Gasteiger partial charge in [-0.25, -0.2) is 0 Å². The number of nitriles is 1. The zero-order chi connectivity index (χ0) is 15.4. The van der Waals surface area contributed by atoms with Gasteiger partial charge in [-0.1, -0.05) is 0 Å². The topological polar surface area (TPSA) is 85.4 Å². The van der Waals surface area contributed by atoms with Gasteiger partial charge in [-0.05, 0) is 30.7 Å². The molecule has 0 saturated carbocycles. The van der Waals surface area contributed by atoms with Gasteiger partial charge in [0.15, 0.2) is 0 Å². The summed E-state index contributed by atoms with van der Waals surface area (Å²) >= 11 is 0. The summed E-state index contributed by atoms with van der Waals surface area (Å²) in [6.07, 6.45) is 0. The van der Waals surface area contributed by atoms with Gasteiger partial charge in [0.05, 0.1) is 23.7 Å². The molecule has 2 aromatic rings. The molecule has 0 aliphatic heterocycles. The molecule has 0 aliphatic rings. The SMILES string of the molecule is COc1ccc(C#N)c(Oc2cc([N+](=O)[O-])ccc2C)c1. The molecule has 0 unspecified atom stereocenters. The summed E-state index contributed by atoms with van der Waals surface area (Å²) in [4.78, 5) is 10.3. The average Bonchev–Trinajstić information content (AvgIpc) is 2.49. The van der Waals surface area contributed by atoms with Gasteiger partial charge in [-0.3, -0.25) is 10.1 Å². The lowest BCUT2D eigenvalue weighted by molar-refractivity contribution is -0.384. The number of hydrogen-bond donors (Lipinski definition) is 0. The normalized spacial score (nSPS) is 9.76. The third kappa shape index (κ3) is 3.09. The Bertz CT molecular complexity index is 735. The van der Waals surface area contributed by atoms with E-state index in [1.54, 1.807) is 31.2 Å². The van der Waals surface area contributed by atoms with Crippen LogP contribution in [0.25, 0.3) is 0 Å².